The van der Waals surface area contributed by atoms with Gasteiger partial charge in [0.05, 0.1) is 23.6 Å². The van der Waals surface area contributed by atoms with Gasteiger partial charge in [0.25, 0.3) is 5.91 Å². The molecule has 2 aliphatic rings. The second-order valence-electron chi connectivity index (χ2n) is 11.5. The molecule has 4 heterocycles. The van der Waals surface area contributed by atoms with Crippen LogP contribution in [0.15, 0.2) is 48.5 Å². The molecule has 0 unspecified atom stereocenters. The Hall–Kier alpha value is -4.54. The number of imidazole rings is 1. The molecule has 1 fully saturated rings. The summed E-state index contributed by atoms with van der Waals surface area (Å²) in [5, 5.41) is 7.92. The van der Waals surface area contributed by atoms with Gasteiger partial charge in [0.1, 0.15) is 23.5 Å². The SMILES string of the molecule is Cc1nc2n(n1)CCN(C(=O)c1ccc3nc(C)[nH]c3c1)CCCC(=O)N1CCCC[C@H]1C(=O)N[C@@H]2Cc1ccccc1. The minimum absolute atomic E-state index is 0.0442. The van der Waals surface area contributed by atoms with Gasteiger partial charge < -0.3 is 20.1 Å². The van der Waals surface area contributed by atoms with Crippen molar-refractivity contribution in [3.63, 3.8) is 0 Å². The van der Waals surface area contributed by atoms with Gasteiger partial charge in [0.2, 0.25) is 11.8 Å². The Labute approximate surface area is 250 Å². The first kappa shape index (κ1) is 28.6. The van der Waals surface area contributed by atoms with E-state index in [2.05, 4.69) is 20.4 Å². The van der Waals surface area contributed by atoms with Gasteiger partial charge in [-0.05, 0) is 69.7 Å². The Kier molecular flexibility index (Phi) is 8.22. The van der Waals surface area contributed by atoms with Crippen LogP contribution in [0.3, 0.4) is 0 Å². The van der Waals surface area contributed by atoms with E-state index in [-0.39, 0.29) is 24.1 Å². The second kappa shape index (κ2) is 12.4. The minimum Gasteiger partial charge on any atom is -0.344 e. The van der Waals surface area contributed by atoms with Crippen LogP contribution < -0.4 is 5.32 Å². The Balaban J connectivity index is 1.34. The van der Waals surface area contributed by atoms with Crippen LogP contribution in [-0.2, 0) is 22.6 Å². The monoisotopic (exact) mass is 582 g/mol. The third-order valence-electron chi connectivity index (χ3n) is 8.38. The third-order valence-corrected chi connectivity index (χ3v) is 8.38. The lowest BCUT2D eigenvalue weighted by molar-refractivity contribution is -0.142. The molecule has 2 aromatic heterocycles. The third kappa shape index (κ3) is 6.30. The van der Waals surface area contributed by atoms with Crippen LogP contribution in [0.1, 0.15) is 71.5 Å². The number of nitrogens with one attached hydrogen (secondary N) is 2. The van der Waals surface area contributed by atoms with E-state index in [9.17, 15) is 14.4 Å². The van der Waals surface area contributed by atoms with Gasteiger partial charge in [-0.15, -0.1) is 0 Å². The molecule has 2 aromatic carbocycles. The highest BCUT2D eigenvalue weighted by Crippen LogP contribution is 2.24. The van der Waals surface area contributed by atoms with Crippen molar-refractivity contribution in [2.75, 3.05) is 19.6 Å². The number of hydrogen-bond acceptors (Lipinski definition) is 6. The Morgan fingerprint density at radius 3 is 2.63 bits per heavy atom. The summed E-state index contributed by atoms with van der Waals surface area (Å²) < 4.78 is 1.82. The summed E-state index contributed by atoms with van der Waals surface area (Å²) in [7, 11) is 0. The maximum Gasteiger partial charge on any atom is 0.253 e. The summed E-state index contributed by atoms with van der Waals surface area (Å²) in [5.41, 5.74) is 3.24. The van der Waals surface area contributed by atoms with Crippen molar-refractivity contribution in [3.05, 3.63) is 77.1 Å². The van der Waals surface area contributed by atoms with Gasteiger partial charge >= 0.3 is 0 Å². The predicted molar refractivity (Wildman–Crippen MR) is 161 cm³/mol. The number of hydrogen-bond donors (Lipinski definition) is 2. The fourth-order valence-electron chi connectivity index (χ4n) is 6.27. The zero-order valence-corrected chi connectivity index (χ0v) is 24.8. The van der Waals surface area contributed by atoms with E-state index in [0.29, 0.717) is 62.7 Å². The first-order valence-corrected chi connectivity index (χ1v) is 15.2. The highest BCUT2D eigenvalue weighted by molar-refractivity contribution is 5.97. The zero-order chi connectivity index (χ0) is 29.9. The van der Waals surface area contributed by atoms with Crippen LogP contribution in [0.25, 0.3) is 11.0 Å². The lowest BCUT2D eigenvalue weighted by Crippen LogP contribution is -2.53. The average Bonchev–Trinajstić information content (AvgIpc) is 3.58. The molecule has 43 heavy (non-hydrogen) atoms. The van der Waals surface area contributed by atoms with Crippen molar-refractivity contribution < 1.29 is 14.4 Å². The largest absolute Gasteiger partial charge is 0.344 e. The van der Waals surface area contributed by atoms with Crippen LogP contribution in [-0.4, -0.2) is 77.9 Å². The topological polar surface area (TPSA) is 129 Å². The number of aromatic amines is 1. The van der Waals surface area contributed by atoms with E-state index in [1.54, 1.807) is 15.9 Å². The molecule has 2 N–H and O–H groups in total. The molecule has 4 aromatic rings. The van der Waals surface area contributed by atoms with Gasteiger partial charge in [-0.25, -0.2) is 14.6 Å². The normalized spacial score (nSPS) is 20.3. The molecule has 224 valence electrons. The molecule has 3 amide bonds. The molecule has 0 bridgehead atoms. The maximum absolute atomic E-state index is 13.9. The summed E-state index contributed by atoms with van der Waals surface area (Å²) in [5.74, 6) is 1.72. The number of nitrogens with zero attached hydrogens (tertiary/aromatic N) is 6. The molecule has 11 heteroatoms. The molecule has 2 aliphatic heterocycles. The number of aromatic nitrogens is 5. The van der Waals surface area contributed by atoms with Crippen LogP contribution in [0.5, 0.6) is 0 Å². The summed E-state index contributed by atoms with van der Waals surface area (Å²) in [6, 6.07) is 14.5. The number of amides is 3. The van der Waals surface area contributed by atoms with Gasteiger partial charge in [-0.2, -0.15) is 5.10 Å². The fourth-order valence-corrected chi connectivity index (χ4v) is 6.27. The lowest BCUT2D eigenvalue weighted by Gasteiger charge is -2.36. The molecule has 2 atom stereocenters. The van der Waals surface area contributed by atoms with Gasteiger partial charge in [-0.1, -0.05) is 30.3 Å². The number of carbonyl (C=O) groups is 3. The number of aryl methyl sites for hydroxylation is 2. The number of fused-ring (bicyclic) bond motifs is 3. The van der Waals surface area contributed by atoms with Crippen LogP contribution in [0.4, 0.5) is 0 Å². The Morgan fingerprint density at radius 2 is 1.79 bits per heavy atom. The van der Waals surface area contributed by atoms with Gasteiger partial charge in [0, 0.05) is 31.6 Å². The van der Waals surface area contributed by atoms with Crippen LogP contribution in [0, 0.1) is 13.8 Å². The van der Waals surface area contributed by atoms with Crippen LogP contribution in [0.2, 0.25) is 0 Å². The number of H-pyrrole nitrogens is 1. The highest BCUT2D eigenvalue weighted by Gasteiger charge is 2.34. The van der Waals surface area contributed by atoms with E-state index in [0.717, 1.165) is 35.3 Å². The van der Waals surface area contributed by atoms with E-state index >= 15 is 0 Å². The van der Waals surface area contributed by atoms with Crippen LogP contribution >= 0.6 is 0 Å². The smallest absolute Gasteiger partial charge is 0.253 e. The molecule has 1 saturated heterocycles. The highest BCUT2D eigenvalue weighted by atomic mass is 16.2. The molecule has 6 rings (SSSR count). The van der Waals surface area contributed by atoms with Crippen molar-refractivity contribution >= 4 is 28.8 Å². The number of carbonyl (C=O) groups excluding carboxylic acids is 3. The number of rotatable bonds is 3. The molecular weight excluding hydrogens is 544 g/mol. The molecule has 11 nitrogen and oxygen atoms in total. The van der Waals surface area contributed by atoms with Gasteiger partial charge in [0.15, 0.2) is 0 Å². The summed E-state index contributed by atoms with van der Waals surface area (Å²) in [6.45, 7) is 5.46. The van der Waals surface area contributed by atoms with E-state index < -0.39 is 12.1 Å². The van der Waals surface area contributed by atoms with Crippen molar-refractivity contribution in [1.82, 2.24) is 39.8 Å². The van der Waals surface area contributed by atoms with Gasteiger partial charge in [-0.3, -0.25) is 14.4 Å². The minimum atomic E-state index is -0.526. The first-order chi connectivity index (χ1) is 20.9. The first-order valence-electron chi connectivity index (χ1n) is 15.2. The van der Waals surface area contributed by atoms with Crippen molar-refractivity contribution in [2.45, 2.75) is 71.0 Å². The number of benzene rings is 2. The predicted octanol–water partition coefficient (Wildman–Crippen LogP) is 3.49. The molecule has 0 radical (unpaired) electrons. The van der Waals surface area contributed by atoms with E-state index in [4.69, 9.17) is 4.98 Å². The van der Waals surface area contributed by atoms with Crippen molar-refractivity contribution in [1.29, 1.82) is 0 Å². The van der Waals surface area contributed by atoms with Crippen molar-refractivity contribution in [3.8, 4) is 0 Å². The zero-order valence-electron chi connectivity index (χ0n) is 24.8. The molecule has 0 spiro atoms. The summed E-state index contributed by atoms with van der Waals surface area (Å²) in [6.07, 6.45) is 3.69. The van der Waals surface area contributed by atoms with Crippen molar-refractivity contribution in [2.24, 2.45) is 0 Å². The lowest BCUT2D eigenvalue weighted by atomic mass is 9.99. The Bertz CT molecular complexity index is 1630. The Morgan fingerprint density at radius 1 is 0.953 bits per heavy atom. The quantitative estimate of drug-likeness (QED) is 0.381. The standard InChI is InChI=1S/C32H38N8O3/c1-21-33-25-14-13-24(20-26(25)34-21)32(43)38-15-8-12-29(41)39-16-7-6-11-28(39)31(42)36-27(19-23-9-4-3-5-10-23)30-35-22(2)37-40(30)18-17-38/h3-5,9-10,13-14,20,27-28H,6-8,11-12,15-19H2,1-2H3,(H,33,34)(H,36,42)/t27-,28+/m1/s1. The maximum atomic E-state index is 13.9. The average molecular weight is 583 g/mol. The molecule has 0 saturated carbocycles. The molecule has 0 aliphatic carbocycles. The number of piperidine rings is 1. The second-order valence-corrected chi connectivity index (χ2v) is 11.5. The molecular formula is C32H38N8O3. The fraction of sp³-hybridized carbons (Fsp3) is 0.438. The van der Waals surface area contributed by atoms with E-state index in [1.165, 1.54) is 0 Å². The summed E-state index contributed by atoms with van der Waals surface area (Å²) >= 11 is 0. The van der Waals surface area contributed by atoms with E-state index in [1.807, 2.05) is 61.0 Å². The summed E-state index contributed by atoms with van der Waals surface area (Å²) in [4.78, 5) is 57.0.